The topological polar surface area (TPSA) is 189 Å². The van der Waals surface area contributed by atoms with E-state index in [0.717, 1.165) is 26.8 Å². The molecule has 52 heavy (non-hydrogen) atoms. The summed E-state index contributed by atoms with van der Waals surface area (Å²) >= 11 is 0. The molecule has 0 fully saturated rings. The Labute approximate surface area is 293 Å². The number of carbonyl (C=O) groups excluding carboxylic acids is 5. The molecule has 0 aromatic heterocycles. The maximum absolute atomic E-state index is 13.3. The van der Waals surface area contributed by atoms with Crippen LogP contribution in [0.1, 0.15) is 43.0 Å². The Kier molecular flexibility index (Phi) is 9.25. The highest BCUT2D eigenvalue weighted by molar-refractivity contribution is 6.22. The lowest BCUT2D eigenvalue weighted by Crippen LogP contribution is -2.03. The molecule has 2 N–H and O–H groups in total. The summed E-state index contributed by atoms with van der Waals surface area (Å²) in [5, 5.41) is 21.8. The van der Waals surface area contributed by atoms with Crippen molar-refractivity contribution in [2.45, 2.75) is 20.8 Å². The SMILES string of the molecule is CC(=O)OC1=C(c2ccccc2)C(=O)O/C1=C\c1cc(=O)c(O)c2c(O)c(OC(C)=O)cc(/C=C3\OC(=O)C(c4ccccc4)=C3OC(C)=O)c2c1. The molecule has 0 bridgehead atoms. The third-order valence-corrected chi connectivity index (χ3v) is 7.59. The van der Waals surface area contributed by atoms with Crippen molar-refractivity contribution in [1.29, 1.82) is 0 Å². The zero-order valence-corrected chi connectivity index (χ0v) is 27.5. The normalized spacial score (nSPS) is 15.6. The molecule has 0 aliphatic carbocycles. The van der Waals surface area contributed by atoms with Gasteiger partial charge in [0.15, 0.2) is 40.3 Å². The van der Waals surface area contributed by atoms with Crippen LogP contribution in [0.25, 0.3) is 34.1 Å². The minimum absolute atomic E-state index is 0.0134. The highest BCUT2D eigenvalue weighted by Crippen LogP contribution is 2.43. The van der Waals surface area contributed by atoms with Crippen molar-refractivity contribution in [3.8, 4) is 17.2 Å². The maximum atomic E-state index is 13.3. The molecule has 6 rings (SSSR count). The van der Waals surface area contributed by atoms with Gasteiger partial charge in [0.05, 0.1) is 5.39 Å². The molecule has 0 amide bonds. The summed E-state index contributed by atoms with van der Waals surface area (Å²) in [5.74, 6) is -7.38. The Morgan fingerprint density at radius 2 is 1.10 bits per heavy atom. The largest absolute Gasteiger partial charge is 0.504 e. The van der Waals surface area contributed by atoms with Gasteiger partial charge < -0.3 is 33.9 Å². The summed E-state index contributed by atoms with van der Waals surface area (Å²) in [5.41, 5.74) is -0.453. The fraction of sp³-hybridized carbons (Fsp3) is 0.0769. The summed E-state index contributed by atoms with van der Waals surface area (Å²) in [6, 6.07) is 19.9. The first-order chi connectivity index (χ1) is 24.8. The number of ether oxygens (including phenoxy) is 5. The van der Waals surface area contributed by atoms with Crippen LogP contribution in [0.4, 0.5) is 0 Å². The Morgan fingerprint density at radius 3 is 1.58 bits per heavy atom. The monoisotopic (exact) mass is 702 g/mol. The van der Waals surface area contributed by atoms with E-state index in [4.69, 9.17) is 23.7 Å². The molecule has 4 aromatic carbocycles. The average Bonchev–Trinajstić information content (AvgIpc) is 3.50. The predicted molar refractivity (Wildman–Crippen MR) is 183 cm³/mol. The number of cyclic esters (lactones) is 2. The van der Waals surface area contributed by atoms with Crippen LogP contribution in [0, 0.1) is 0 Å². The van der Waals surface area contributed by atoms with E-state index in [1.54, 1.807) is 60.7 Å². The summed E-state index contributed by atoms with van der Waals surface area (Å²) in [4.78, 5) is 75.9. The second kappa shape index (κ2) is 13.9. The predicted octanol–water partition coefficient (Wildman–Crippen LogP) is 5.28. The molecule has 0 unspecified atom stereocenters. The van der Waals surface area contributed by atoms with Gasteiger partial charge in [-0.05, 0) is 58.0 Å². The number of phenolic OH excluding ortho intramolecular Hbond substituents is 1. The number of rotatable bonds is 7. The lowest BCUT2D eigenvalue weighted by molar-refractivity contribution is -0.138. The number of benzene rings is 3. The van der Waals surface area contributed by atoms with Crippen molar-refractivity contribution >= 4 is 63.9 Å². The molecule has 0 radical (unpaired) electrons. The van der Waals surface area contributed by atoms with E-state index in [1.165, 1.54) is 24.3 Å². The van der Waals surface area contributed by atoms with Crippen LogP contribution in [0.2, 0.25) is 0 Å². The molecular formula is C39H26O13. The second-order valence-electron chi connectivity index (χ2n) is 11.3. The summed E-state index contributed by atoms with van der Waals surface area (Å²) in [6.07, 6.45) is 2.42. The van der Waals surface area contributed by atoms with Crippen molar-refractivity contribution < 1.29 is 57.9 Å². The van der Waals surface area contributed by atoms with Crippen LogP contribution in [-0.4, -0.2) is 40.1 Å². The van der Waals surface area contributed by atoms with Gasteiger partial charge >= 0.3 is 29.8 Å². The Bertz CT molecular complexity index is 2420. The van der Waals surface area contributed by atoms with Gasteiger partial charge in [-0.25, -0.2) is 9.59 Å². The van der Waals surface area contributed by atoms with Crippen molar-refractivity contribution in [2.75, 3.05) is 0 Å². The van der Waals surface area contributed by atoms with Gasteiger partial charge in [0, 0.05) is 20.8 Å². The second-order valence-corrected chi connectivity index (χ2v) is 11.3. The zero-order chi connectivity index (χ0) is 37.3. The van der Waals surface area contributed by atoms with E-state index in [1.807, 2.05) is 0 Å². The summed E-state index contributed by atoms with van der Waals surface area (Å²) in [7, 11) is 0. The molecule has 260 valence electrons. The first-order valence-corrected chi connectivity index (χ1v) is 15.4. The molecule has 0 saturated carbocycles. The van der Waals surface area contributed by atoms with Gasteiger partial charge in [-0.3, -0.25) is 19.2 Å². The number of hydrogen-bond acceptors (Lipinski definition) is 13. The first-order valence-electron chi connectivity index (χ1n) is 15.4. The van der Waals surface area contributed by atoms with Gasteiger partial charge in [-0.1, -0.05) is 60.7 Å². The summed E-state index contributed by atoms with van der Waals surface area (Å²) < 4.78 is 27.0. The van der Waals surface area contributed by atoms with Crippen molar-refractivity contribution in [2.24, 2.45) is 0 Å². The van der Waals surface area contributed by atoms with Crippen LogP contribution < -0.4 is 10.2 Å². The van der Waals surface area contributed by atoms with Crippen LogP contribution in [0.3, 0.4) is 0 Å². The molecule has 0 saturated heterocycles. The Morgan fingerprint density at radius 1 is 0.615 bits per heavy atom. The first kappa shape index (κ1) is 34.6. The van der Waals surface area contributed by atoms with E-state index in [-0.39, 0.29) is 50.7 Å². The van der Waals surface area contributed by atoms with E-state index >= 15 is 0 Å². The quantitative estimate of drug-likeness (QED) is 0.144. The molecule has 13 nitrogen and oxygen atoms in total. The smallest absolute Gasteiger partial charge is 0.348 e. The Hall–Kier alpha value is -7.28. The molecule has 4 aromatic rings. The Balaban J connectivity index is 1.64. The lowest BCUT2D eigenvalue weighted by Gasteiger charge is -2.11. The number of esters is 5. The highest BCUT2D eigenvalue weighted by Gasteiger charge is 2.35. The van der Waals surface area contributed by atoms with Crippen LogP contribution >= 0.6 is 0 Å². The van der Waals surface area contributed by atoms with E-state index < -0.39 is 57.9 Å². The minimum atomic E-state index is -1.03. The number of aromatic hydroxyl groups is 2. The lowest BCUT2D eigenvalue weighted by atomic mass is 10.0. The molecule has 2 aliphatic rings. The van der Waals surface area contributed by atoms with Gasteiger partial charge in [-0.15, -0.1) is 0 Å². The van der Waals surface area contributed by atoms with Crippen molar-refractivity contribution in [3.63, 3.8) is 0 Å². The molecule has 2 aliphatic heterocycles. The van der Waals surface area contributed by atoms with Crippen LogP contribution in [0.15, 0.2) is 107 Å². The summed E-state index contributed by atoms with van der Waals surface area (Å²) in [6.45, 7) is 3.31. The molecule has 0 spiro atoms. The van der Waals surface area contributed by atoms with Gasteiger partial charge in [0.2, 0.25) is 5.43 Å². The maximum Gasteiger partial charge on any atom is 0.348 e. The van der Waals surface area contributed by atoms with E-state index in [2.05, 4.69) is 0 Å². The molecular weight excluding hydrogens is 676 g/mol. The molecule has 0 atom stereocenters. The number of phenols is 1. The van der Waals surface area contributed by atoms with Gasteiger partial charge in [0.25, 0.3) is 0 Å². The molecule has 2 heterocycles. The number of carbonyl (C=O) groups is 5. The van der Waals surface area contributed by atoms with Gasteiger partial charge in [0.1, 0.15) is 11.1 Å². The van der Waals surface area contributed by atoms with Crippen LogP contribution in [0.5, 0.6) is 17.2 Å². The third-order valence-electron chi connectivity index (χ3n) is 7.59. The fourth-order valence-electron chi connectivity index (χ4n) is 5.57. The average molecular weight is 703 g/mol. The number of fused-ring (bicyclic) bond motifs is 1. The van der Waals surface area contributed by atoms with Crippen molar-refractivity contribution in [1.82, 2.24) is 0 Å². The zero-order valence-electron chi connectivity index (χ0n) is 27.5. The minimum Gasteiger partial charge on any atom is -0.504 e. The van der Waals surface area contributed by atoms with Crippen LogP contribution in [-0.2, 0) is 42.9 Å². The fourth-order valence-corrected chi connectivity index (χ4v) is 5.57. The highest BCUT2D eigenvalue weighted by atomic mass is 16.6. The third kappa shape index (κ3) is 6.78. The van der Waals surface area contributed by atoms with Crippen molar-refractivity contribution in [3.05, 3.63) is 134 Å². The molecule has 13 heteroatoms. The van der Waals surface area contributed by atoms with Gasteiger partial charge in [-0.2, -0.15) is 0 Å². The number of hydrogen-bond donors (Lipinski definition) is 2. The van der Waals surface area contributed by atoms with E-state index in [0.29, 0.717) is 11.1 Å². The standard InChI is InChI=1S/C39H26O13/c1-19(40)48-28-17-25(18-30-37(50-21(3)42)32(39(47)52-30)24-12-8-5-9-13-24)26-14-22(15-27(43)34(44)33(26)35(28)45)16-29-36(49-20(2)41)31(38(46)51-29)23-10-6-4-7-11-23/h4-18,45H,1-3H3,(H,43,44)/b29-16-,30-18-. The van der Waals surface area contributed by atoms with E-state index in [9.17, 15) is 39.0 Å².